The van der Waals surface area contributed by atoms with E-state index < -0.39 is 0 Å². The molecule has 1 unspecified atom stereocenters. The lowest BCUT2D eigenvalue weighted by molar-refractivity contribution is 0.541. The lowest BCUT2D eigenvalue weighted by Crippen LogP contribution is -2.26. The van der Waals surface area contributed by atoms with Crippen LogP contribution in [0.2, 0.25) is 0 Å². The van der Waals surface area contributed by atoms with Gasteiger partial charge in [-0.25, -0.2) is 4.98 Å². The largest absolute Gasteiger partial charge is 0.333 e. The van der Waals surface area contributed by atoms with Crippen LogP contribution in [0.5, 0.6) is 0 Å². The van der Waals surface area contributed by atoms with E-state index in [0.29, 0.717) is 0 Å². The molecule has 0 aliphatic heterocycles. The monoisotopic (exact) mass is 258 g/mol. The van der Waals surface area contributed by atoms with Crippen LogP contribution in [0.1, 0.15) is 43.4 Å². The highest BCUT2D eigenvalue weighted by molar-refractivity contribution is 5.28. The minimum Gasteiger partial charge on any atom is -0.333 e. The molecule has 4 heteroatoms. The molecule has 102 valence electrons. The lowest BCUT2D eigenvalue weighted by Gasteiger charge is -2.20. The summed E-state index contributed by atoms with van der Waals surface area (Å²) in [6.07, 6.45) is 6.87. The van der Waals surface area contributed by atoms with Gasteiger partial charge in [0, 0.05) is 30.8 Å². The molecule has 0 bridgehead atoms. The highest BCUT2D eigenvalue weighted by Gasteiger charge is 2.19. The molecule has 0 aliphatic rings. The standard InChI is InChI=1S/C15H22N4/c1-4-10-19-11-9-18-15(19)14(16-5-2)13-7-6-8-17-12(13)3/h6-9,11,14,16H,4-5,10H2,1-3H3. The van der Waals surface area contributed by atoms with Crippen molar-refractivity contribution < 1.29 is 0 Å². The Labute approximate surface area is 114 Å². The summed E-state index contributed by atoms with van der Waals surface area (Å²) in [4.78, 5) is 8.93. The number of aromatic nitrogens is 3. The predicted molar refractivity (Wildman–Crippen MR) is 77.0 cm³/mol. The number of hydrogen-bond donors (Lipinski definition) is 1. The van der Waals surface area contributed by atoms with E-state index in [1.165, 1.54) is 5.56 Å². The second-order valence-corrected chi connectivity index (χ2v) is 4.65. The van der Waals surface area contributed by atoms with Crippen molar-refractivity contribution in [1.29, 1.82) is 0 Å². The van der Waals surface area contributed by atoms with Gasteiger partial charge in [-0.15, -0.1) is 0 Å². The quantitative estimate of drug-likeness (QED) is 0.866. The summed E-state index contributed by atoms with van der Waals surface area (Å²) in [5.41, 5.74) is 2.26. The van der Waals surface area contributed by atoms with Gasteiger partial charge in [0.1, 0.15) is 5.82 Å². The van der Waals surface area contributed by atoms with Gasteiger partial charge in [0.25, 0.3) is 0 Å². The number of imidazole rings is 1. The van der Waals surface area contributed by atoms with E-state index in [-0.39, 0.29) is 6.04 Å². The van der Waals surface area contributed by atoms with E-state index >= 15 is 0 Å². The third-order valence-electron chi connectivity index (χ3n) is 3.24. The Bertz CT molecular complexity index is 518. The molecule has 4 nitrogen and oxygen atoms in total. The summed E-state index contributed by atoms with van der Waals surface area (Å²) in [6.45, 7) is 8.24. The van der Waals surface area contributed by atoms with Crippen LogP contribution in [-0.4, -0.2) is 21.1 Å². The second-order valence-electron chi connectivity index (χ2n) is 4.65. The topological polar surface area (TPSA) is 42.7 Å². The molecule has 2 aromatic rings. The van der Waals surface area contributed by atoms with Crippen LogP contribution in [-0.2, 0) is 6.54 Å². The minimum absolute atomic E-state index is 0.111. The molecule has 0 aliphatic carbocycles. The lowest BCUT2D eigenvalue weighted by atomic mass is 10.0. The molecule has 2 aromatic heterocycles. The van der Waals surface area contributed by atoms with Crippen molar-refractivity contribution in [2.75, 3.05) is 6.54 Å². The first-order chi connectivity index (χ1) is 9.27. The Hall–Kier alpha value is -1.68. The van der Waals surface area contributed by atoms with Gasteiger partial charge in [-0.05, 0) is 31.5 Å². The Morgan fingerprint density at radius 3 is 2.79 bits per heavy atom. The zero-order valence-corrected chi connectivity index (χ0v) is 11.9. The molecule has 0 saturated heterocycles. The van der Waals surface area contributed by atoms with Crippen LogP contribution < -0.4 is 5.32 Å². The van der Waals surface area contributed by atoms with Crippen molar-refractivity contribution in [1.82, 2.24) is 19.9 Å². The number of aryl methyl sites for hydroxylation is 2. The van der Waals surface area contributed by atoms with E-state index in [2.05, 4.69) is 46.0 Å². The van der Waals surface area contributed by atoms with Gasteiger partial charge >= 0.3 is 0 Å². The van der Waals surface area contributed by atoms with Crippen LogP contribution in [0.4, 0.5) is 0 Å². The van der Waals surface area contributed by atoms with Crippen molar-refractivity contribution in [2.24, 2.45) is 0 Å². The highest BCUT2D eigenvalue weighted by atomic mass is 15.1. The molecule has 0 amide bonds. The zero-order chi connectivity index (χ0) is 13.7. The summed E-state index contributed by atoms with van der Waals surface area (Å²) in [6, 6.07) is 4.22. The summed E-state index contributed by atoms with van der Waals surface area (Å²) < 4.78 is 2.22. The Balaban J connectivity index is 2.40. The maximum atomic E-state index is 4.54. The number of rotatable bonds is 6. The van der Waals surface area contributed by atoms with E-state index in [4.69, 9.17) is 0 Å². The van der Waals surface area contributed by atoms with E-state index in [1.807, 2.05) is 25.4 Å². The Kier molecular flexibility index (Phi) is 4.68. The third-order valence-corrected chi connectivity index (χ3v) is 3.24. The maximum absolute atomic E-state index is 4.54. The van der Waals surface area contributed by atoms with Gasteiger partial charge in [0.2, 0.25) is 0 Å². The number of pyridine rings is 1. The molecule has 1 atom stereocenters. The summed E-state index contributed by atoms with van der Waals surface area (Å²) >= 11 is 0. The van der Waals surface area contributed by atoms with E-state index in [9.17, 15) is 0 Å². The van der Waals surface area contributed by atoms with Crippen LogP contribution in [0, 0.1) is 6.92 Å². The molecule has 2 rings (SSSR count). The number of hydrogen-bond acceptors (Lipinski definition) is 3. The average Bonchev–Trinajstić information content (AvgIpc) is 2.86. The molecule has 1 N–H and O–H groups in total. The summed E-state index contributed by atoms with van der Waals surface area (Å²) in [5, 5.41) is 3.52. The normalized spacial score (nSPS) is 12.6. The van der Waals surface area contributed by atoms with Gasteiger partial charge < -0.3 is 9.88 Å². The molecule has 2 heterocycles. The van der Waals surface area contributed by atoms with Gasteiger partial charge in [-0.1, -0.05) is 19.9 Å². The number of nitrogens with zero attached hydrogens (tertiary/aromatic N) is 3. The van der Waals surface area contributed by atoms with E-state index in [1.54, 1.807) is 0 Å². The predicted octanol–water partition coefficient (Wildman–Crippen LogP) is 2.70. The first-order valence-electron chi connectivity index (χ1n) is 6.93. The van der Waals surface area contributed by atoms with E-state index in [0.717, 1.165) is 31.0 Å². The minimum atomic E-state index is 0.111. The molecular weight excluding hydrogens is 236 g/mol. The van der Waals surface area contributed by atoms with Gasteiger partial charge in [-0.3, -0.25) is 4.98 Å². The fourth-order valence-electron chi connectivity index (χ4n) is 2.36. The summed E-state index contributed by atoms with van der Waals surface area (Å²) in [7, 11) is 0. The first-order valence-corrected chi connectivity index (χ1v) is 6.93. The van der Waals surface area contributed by atoms with Crippen LogP contribution >= 0.6 is 0 Å². The van der Waals surface area contributed by atoms with Crippen LogP contribution in [0.3, 0.4) is 0 Å². The highest BCUT2D eigenvalue weighted by Crippen LogP contribution is 2.22. The maximum Gasteiger partial charge on any atom is 0.130 e. The van der Waals surface area contributed by atoms with Crippen molar-refractivity contribution in [2.45, 2.75) is 39.8 Å². The average molecular weight is 258 g/mol. The smallest absolute Gasteiger partial charge is 0.130 e. The van der Waals surface area contributed by atoms with Crippen LogP contribution in [0.15, 0.2) is 30.7 Å². The summed E-state index contributed by atoms with van der Waals surface area (Å²) in [5.74, 6) is 1.07. The van der Waals surface area contributed by atoms with Crippen molar-refractivity contribution in [3.63, 3.8) is 0 Å². The molecule has 0 saturated carbocycles. The van der Waals surface area contributed by atoms with Crippen LogP contribution in [0.25, 0.3) is 0 Å². The zero-order valence-electron chi connectivity index (χ0n) is 11.9. The molecular formula is C15H22N4. The number of nitrogens with one attached hydrogen (secondary N) is 1. The molecule has 0 aromatic carbocycles. The van der Waals surface area contributed by atoms with Gasteiger partial charge in [0.15, 0.2) is 0 Å². The fourth-order valence-corrected chi connectivity index (χ4v) is 2.36. The second kappa shape index (κ2) is 6.48. The van der Waals surface area contributed by atoms with Crippen molar-refractivity contribution in [3.05, 3.63) is 47.8 Å². The van der Waals surface area contributed by atoms with Crippen molar-refractivity contribution >= 4 is 0 Å². The Morgan fingerprint density at radius 1 is 1.26 bits per heavy atom. The molecule has 0 fully saturated rings. The molecule has 0 radical (unpaired) electrons. The first kappa shape index (κ1) is 13.7. The van der Waals surface area contributed by atoms with Gasteiger partial charge in [-0.2, -0.15) is 0 Å². The Morgan fingerprint density at radius 2 is 2.11 bits per heavy atom. The van der Waals surface area contributed by atoms with Crippen molar-refractivity contribution in [3.8, 4) is 0 Å². The SMILES string of the molecule is CCCn1ccnc1C(NCC)c1cccnc1C. The third kappa shape index (κ3) is 3.01. The fraction of sp³-hybridized carbons (Fsp3) is 0.467. The van der Waals surface area contributed by atoms with Gasteiger partial charge in [0.05, 0.1) is 6.04 Å². The molecule has 0 spiro atoms. The molecule has 19 heavy (non-hydrogen) atoms.